The highest BCUT2D eigenvalue weighted by molar-refractivity contribution is 6.05. The van der Waals surface area contributed by atoms with E-state index < -0.39 is 17.6 Å². The number of aromatic nitrogens is 2. The van der Waals surface area contributed by atoms with Gasteiger partial charge in [-0.25, -0.2) is 0 Å². The van der Waals surface area contributed by atoms with Crippen molar-refractivity contribution in [2.24, 2.45) is 7.05 Å². The first-order valence-corrected chi connectivity index (χ1v) is 11.9. The zero-order valence-electron chi connectivity index (χ0n) is 21.8. The number of anilines is 2. The van der Waals surface area contributed by atoms with Crippen molar-refractivity contribution in [2.75, 3.05) is 37.6 Å². The van der Waals surface area contributed by atoms with Crippen LogP contribution in [0.1, 0.15) is 32.7 Å². The van der Waals surface area contributed by atoms with E-state index in [1.165, 1.54) is 6.07 Å². The van der Waals surface area contributed by atoms with Crippen molar-refractivity contribution in [3.8, 4) is 5.75 Å². The third-order valence-corrected chi connectivity index (χ3v) is 6.12. The van der Waals surface area contributed by atoms with Gasteiger partial charge >= 0.3 is 6.18 Å². The molecular weight excluding hydrogens is 499 g/mol. The topological polar surface area (TPSA) is 86.7 Å². The normalized spacial score (nSPS) is 13.5. The summed E-state index contributed by atoms with van der Waals surface area (Å²) < 4.78 is 47.8. The molecule has 9 nitrogen and oxygen atoms in total. The minimum absolute atomic E-state index is 0.0120. The molecule has 1 aliphatic heterocycles. The number of benzene rings is 2. The average molecular weight is 530 g/mol. The van der Waals surface area contributed by atoms with Crippen molar-refractivity contribution in [2.45, 2.75) is 20.0 Å². The Kier molecular flexibility index (Phi) is 7.65. The highest BCUT2D eigenvalue weighted by atomic mass is 19.4. The molecule has 1 aromatic heterocycles. The lowest BCUT2D eigenvalue weighted by Gasteiger charge is -2.19. The van der Waals surface area contributed by atoms with Gasteiger partial charge in [-0.2, -0.15) is 18.3 Å². The average Bonchev–Trinajstić information content (AvgIpc) is 3.45. The number of nitrogens with zero attached hydrogens (tertiary/aromatic N) is 4. The van der Waals surface area contributed by atoms with Gasteiger partial charge in [-0.05, 0) is 57.8 Å². The Morgan fingerprint density at radius 1 is 1.16 bits per heavy atom. The summed E-state index contributed by atoms with van der Waals surface area (Å²) in [5, 5.41) is 8.57. The fourth-order valence-corrected chi connectivity index (χ4v) is 3.82. The molecule has 0 atom stereocenters. The number of likely N-dealkylation sites (N-methyl/N-ethyl adjacent to an activating group) is 1. The van der Waals surface area contributed by atoms with Gasteiger partial charge in [0, 0.05) is 48.4 Å². The Morgan fingerprint density at radius 3 is 2.58 bits per heavy atom. The molecule has 2 heterocycles. The van der Waals surface area contributed by atoms with E-state index in [-0.39, 0.29) is 23.6 Å². The maximum absolute atomic E-state index is 13.5. The van der Waals surface area contributed by atoms with Gasteiger partial charge in [-0.15, -0.1) is 5.53 Å². The summed E-state index contributed by atoms with van der Waals surface area (Å²) in [7, 11) is 5.53. The summed E-state index contributed by atoms with van der Waals surface area (Å²) in [5.41, 5.74) is 9.78. The molecule has 1 amide bonds. The lowest BCUT2D eigenvalue weighted by atomic mass is 10.1. The van der Waals surface area contributed by atoms with E-state index in [1.807, 2.05) is 46.1 Å². The van der Waals surface area contributed by atoms with Gasteiger partial charge in [0.2, 0.25) is 0 Å². The largest absolute Gasteiger partial charge is 0.492 e. The fraction of sp³-hybridized carbons (Fsp3) is 0.308. The van der Waals surface area contributed by atoms with Gasteiger partial charge in [0.15, 0.2) is 0 Å². The Morgan fingerprint density at radius 2 is 1.92 bits per heavy atom. The van der Waals surface area contributed by atoms with E-state index in [0.29, 0.717) is 12.2 Å². The number of carbonyl (C=O) groups is 1. The molecule has 0 fully saturated rings. The molecule has 0 saturated carbocycles. The molecule has 0 saturated heterocycles. The van der Waals surface area contributed by atoms with Crippen LogP contribution < -0.4 is 26.0 Å². The first-order valence-electron chi connectivity index (χ1n) is 11.9. The van der Waals surface area contributed by atoms with E-state index in [9.17, 15) is 18.0 Å². The molecule has 0 bridgehead atoms. The van der Waals surface area contributed by atoms with Crippen LogP contribution in [0.15, 0.2) is 48.8 Å². The molecule has 0 unspecified atom stereocenters. The smallest absolute Gasteiger partial charge is 0.416 e. The molecule has 0 spiro atoms. The Labute approximate surface area is 218 Å². The minimum atomic E-state index is -4.59. The molecule has 4 rings (SSSR count). The van der Waals surface area contributed by atoms with Gasteiger partial charge in [-0.3, -0.25) is 14.5 Å². The molecule has 38 heavy (non-hydrogen) atoms. The van der Waals surface area contributed by atoms with E-state index in [2.05, 4.69) is 21.4 Å². The van der Waals surface area contributed by atoms with Gasteiger partial charge in [0.05, 0.1) is 23.1 Å². The fourth-order valence-electron chi connectivity index (χ4n) is 3.82. The number of hydrazine groups is 2. The van der Waals surface area contributed by atoms with Crippen molar-refractivity contribution in [1.29, 1.82) is 0 Å². The molecule has 2 aromatic carbocycles. The predicted octanol–water partition coefficient (Wildman–Crippen LogP) is 4.08. The zero-order valence-corrected chi connectivity index (χ0v) is 21.8. The van der Waals surface area contributed by atoms with Crippen LogP contribution in [-0.2, 0) is 13.2 Å². The molecule has 0 aliphatic carbocycles. The number of ether oxygens (including phenoxy) is 1. The SMILES string of the molecule is Cc1ccc(C(=O)Nc2cc(OCCN(C)C)cc(C(F)(F)F)c2)cc1N1C=C(c2cnn(C)c2C)NN1. The molecule has 202 valence electrons. The number of alkyl halides is 3. The second-order valence-corrected chi connectivity index (χ2v) is 9.27. The number of rotatable bonds is 8. The number of carbonyl (C=O) groups excluding carboxylic acids is 1. The lowest BCUT2D eigenvalue weighted by Crippen LogP contribution is -2.36. The number of hydrogen-bond acceptors (Lipinski definition) is 7. The van der Waals surface area contributed by atoms with Crippen LogP contribution in [0.5, 0.6) is 5.75 Å². The van der Waals surface area contributed by atoms with E-state index >= 15 is 0 Å². The molecule has 0 radical (unpaired) electrons. The summed E-state index contributed by atoms with van der Waals surface area (Å²) in [6.45, 7) is 4.58. The molecule has 3 aromatic rings. The van der Waals surface area contributed by atoms with Gasteiger partial charge < -0.3 is 20.4 Å². The maximum atomic E-state index is 13.5. The third kappa shape index (κ3) is 6.09. The molecule has 1 aliphatic rings. The summed E-state index contributed by atoms with van der Waals surface area (Å²) in [6.07, 6.45) is -0.996. The quantitative estimate of drug-likeness (QED) is 0.406. The minimum Gasteiger partial charge on any atom is -0.492 e. The van der Waals surface area contributed by atoms with E-state index in [4.69, 9.17) is 4.74 Å². The van der Waals surface area contributed by atoms with Crippen molar-refractivity contribution >= 4 is 23.0 Å². The van der Waals surface area contributed by atoms with Gasteiger partial charge in [0.25, 0.3) is 5.91 Å². The van der Waals surface area contributed by atoms with E-state index in [1.54, 1.807) is 34.1 Å². The van der Waals surface area contributed by atoms with Crippen molar-refractivity contribution < 1.29 is 22.7 Å². The Hall–Kier alpha value is -4.03. The van der Waals surface area contributed by atoms with E-state index in [0.717, 1.165) is 34.7 Å². The van der Waals surface area contributed by atoms with Crippen molar-refractivity contribution in [1.82, 2.24) is 25.6 Å². The summed E-state index contributed by atoms with van der Waals surface area (Å²) >= 11 is 0. The second-order valence-electron chi connectivity index (χ2n) is 9.27. The predicted molar refractivity (Wildman–Crippen MR) is 139 cm³/mol. The number of aryl methyl sites for hydroxylation is 2. The summed E-state index contributed by atoms with van der Waals surface area (Å²) in [4.78, 5) is 14.9. The van der Waals surface area contributed by atoms with Crippen LogP contribution in [0.2, 0.25) is 0 Å². The number of amides is 1. The van der Waals surface area contributed by atoms with Gasteiger partial charge in [0.1, 0.15) is 12.4 Å². The van der Waals surface area contributed by atoms with Crippen LogP contribution in [0.3, 0.4) is 0 Å². The molecule has 12 heteroatoms. The first kappa shape index (κ1) is 27.0. The third-order valence-electron chi connectivity index (χ3n) is 6.12. The standard InChI is InChI=1S/C26H30F3N7O2/c1-16-6-7-18(10-24(16)36-15-23(32-33-36)22-14-30-35(5)17(22)2)25(37)31-20-11-19(26(27,28)29)12-21(13-20)38-9-8-34(3)4/h6-7,10-15,32-33H,8-9H2,1-5H3,(H,31,37). The highest BCUT2D eigenvalue weighted by Crippen LogP contribution is 2.34. The Balaban J connectivity index is 1.56. The second kappa shape index (κ2) is 10.8. The highest BCUT2D eigenvalue weighted by Gasteiger charge is 2.32. The van der Waals surface area contributed by atoms with Crippen molar-refractivity contribution in [3.05, 3.63) is 76.7 Å². The van der Waals surface area contributed by atoms with Crippen LogP contribution in [-0.4, -0.2) is 47.8 Å². The van der Waals surface area contributed by atoms with Crippen LogP contribution in [0.4, 0.5) is 24.5 Å². The monoisotopic (exact) mass is 529 g/mol. The summed E-state index contributed by atoms with van der Waals surface area (Å²) in [6, 6.07) is 8.26. The van der Waals surface area contributed by atoms with Gasteiger partial charge in [-0.1, -0.05) is 6.07 Å². The summed E-state index contributed by atoms with van der Waals surface area (Å²) in [5.74, 6) is -0.526. The number of nitrogens with one attached hydrogen (secondary N) is 3. The zero-order chi connectivity index (χ0) is 27.6. The maximum Gasteiger partial charge on any atom is 0.416 e. The molecular formula is C26H30F3N7O2. The lowest BCUT2D eigenvalue weighted by molar-refractivity contribution is -0.137. The van der Waals surface area contributed by atoms with Crippen LogP contribution in [0, 0.1) is 13.8 Å². The number of halogens is 3. The Bertz CT molecular complexity index is 1370. The van der Waals surface area contributed by atoms with Crippen LogP contribution >= 0.6 is 0 Å². The van der Waals surface area contributed by atoms with Crippen molar-refractivity contribution in [3.63, 3.8) is 0 Å². The van der Waals surface area contributed by atoms with Crippen LogP contribution in [0.25, 0.3) is 5.70 Å². The molecule has 3 N–H and O–H groups in total. The number of hydrogen-bond donors (Lipinski definition) is 3. The first-order chi connectivity index (χ1) is 17.9.